The van der Waals surface area contributed by atoms with Crippen LogP contribution in [-0.4, -0.2) is 43.8 Å². The van der Waals surface area contributed by atoms with E-state index >= 15 is 0 Å². The van der Waals surface area contributed by atoms with Crippen molar-refractivity contribution in [3.8, 4) is 0 Å². The molecule has 3 rings (SSSR count). The minimum Gasteiger partial charge on any atom is -0.484 e. The second-order valence-corrected chi connectivity index (χ2v) is 9.23. The summed E-state index contributed by atoms with van der Waals surface area (Å²) < 4.78 is 8.94. The van der Waals surface area contributed by atoms with Crippen molar-refractivity contribution < 1.29 is 4.74 Å². The summed E-state index contributed by atoms with van der Waals surface area (Å²) in [4.78, 5) is 7.36. The first-order valence-electron chi connectivity index (χ1n) is 11.5. The second kappa shape index (κ2) is 12.7. The van der Waals surface area contributed by atoms with Crippen LogP contribution in [0.2, 0.25) is 0 Å². The summed E-state index contributed by atoms with van der Waals surface area (Å²) in [6.07, 6.45) is 6.14. The van der Waals surface area contributed by atoms with Gasteiger partial charge in [-0.1, -0.05) is 67.9 Å². The Kier molecular flexibility index (Phi) is 9.69. The lowest BCUT2D eigenvalue weighted by atomic mass is 9.94. The van der Waals surface area contributed by atoms with E-state index in [9.17, 15) is 0 Å². The zero-order valence-electron chi connectivity index (χ0n) is 19.7. The Labute approximate surface area is 198 Å². The molecule has 0 saturated carbocycles. The normalized spacial score (nSPS) is 16.5. The van der Waals surface area contributed by atoms with Gasteiger partial charge in [0.1, 0.15) is 0 Å². The molecule has 0 spiro atoms. The molecule has 1 unspecified atom stereocenters. The van der Waals surface area contributed by atoms with Crippen molar-refractivity contribution in [2.24, 2.45) is 10.9 Å². The lowest BCUT2D eigenvalue weighted by Crippen LogP contribution is -2.37. The van der Waals surface area contributed by atoms with Gasteiger partial charge < -0.3 is 14.4 Å². The van der Waals surface area contributed by atoms with E-state index in [1.807, 2.05) is 6.26 Å². The zero-order valence-corrected chi connectivity index (χ0v) is 20.5. The van der Waals surface area contributed by atoms with Gasteiger partial charge in [0.2, 0.25) is 0 Å². The maximum absolute atomic E-state index is 5.70. The topological polar surface area (TPSA) is 36.9 Å². The van der Waals surface area contributed by atoms with Gasteiger partial charge in [-0.15, -0.1) is 0 Å². The molecule has 0 aliphatic carbocycles. The fourth-order valence-electron chi connectivity index (χ4n) is 4.27. The summed E-state index contributed by atoms with van der Waals surface area (Å²) in [6.45, 7) is 9.87. The number of hydrogen-bond donors (Lipinski definition) is 1. The second-order valence-electron chi connectivity index (χ2n) is 8.62. The Hall–Kier alpha value is -2.24. The van der Waals surface area contributed by atoms with Crippen molar-refractivity contribution in [1.82, 2.24) is 4.90 Å². The predicted octanol–water partition coefficient (Wildman–Crippen LogP) is 6.38. The number of piperidine rings is 1. The lowest BCUT2D eigenvalue weighted by molar-refractivity contribution is 0.191. The number of benzene rings is 2. The van der Waals surface area contributed by atoms with E-state index in [0.717, 1.165) is 56.2 Å². The minimum atomic E-state index is 0.382. The molecule has 172 valence electrons. The molecule has 0 radical (unpaired) electrons. The summed E-state index contributed by atoms with van der Waals surface area (Å²) in [5.41, 5.74) is 4.61. The highest BCUT2D eigenvalue weighted by Crippen LogP contribution is 2.24. The number of ether oxygens (including phenoxy) is 1. The van der Waals surface area contributed by atoms with Crippen LogP contribution in [0, 0.1) is 5.92 Å². The molecule has 1 aliphatic rings. The van der Waals surface area contributed by atoms with Crippen molar-refractivity contribution in [3.05, 3.63) is 78.0 Å². The third kappa shape index (κ3) is 7.42. The van der Waals surface area contributed by atoms with E-state index in [0.29, 0.717) is 11.8 Å². The maximum Gasteiger partial charge on any atom is 0.191 e. The van der Waals surface area contributed by atoms with Gasteiger partial charge >= 0.3 is 0 Å². The van der Waals surface area contributed by atoms with Crippen LogP contribution < -0.4 is 4.72 Å². The quantitative estimate of drug-likeness (QED) is 0.258. The van der Waals surface area contributed by atoms with Crippen LogP contribution in [0.1, 0.15) is 43.2 Å². The average molecular weight is 452 g/mol. The van der Waals surface area contributed by atoms with Gasteiger partial charge in [0, 0.05) is 30.0 Å². The maximum atomic E-state index is 5.70. The van der Waals surface area contributed by atoms with Crippen molar-refractivity contribution >= 4 is 23.5 Å². The van der Waals surface area contributed by atoms with Gasteiger partial charge in [0.15, 0.2) is 5.90 Å². The summed E-state index contributed by atoms with van der Waals surface area (Å²) in [5.74, 6) is 1.82. The standard InChI is InChI=1S/C27H37N3OS/c1-21(24-8-6-5-7-9-24)14-17-30-18-15-25(16-19-30)27(31-3)28-22(2)20-23-10-12-26(13-11-23)29-32-4/h5-13,21,25,29H,2,14-20H2,1,3-4H3. The van der Waals surface area contributed by atoms with Gasteiger partial charge in [0.25, 0.3) is 0 Å². The molecule has 2 aromatic rings. The largest absolute Gasteiger partial charge is 0.484 e. The molecular weight excluding hydrogens is 414 g/mol. The molecule has 1 aliphatic heterocycles. The fraction of sp³-hybridized carbons (Fsp3) is 0.444. The summed E-state index contributed by atoms with van der Waals surface area (Å²) in [7, 11) is 1.74. The molecule has 0 bridgehead atoms. The van der Waals surface area contributed by atoms with Crippen molar-refractivity contribution in [2.75, 3.05) is 37.7 Å². The number of methoxy groups -OCH3 is 1. The Balaban J connectivity index is 1.46. The molecule has 1 heterocycles. The molecule has 1 atom stereocenters. The number of anilines is 1. The lowest BCUT2D eigenvalue weighted by Gasteiger charge is -2.32. The van der Waals surface area contributed by atoms with Gasteiger partial charge in [-0.3, -0.25) is 0 Å². The van der Waals surface area contributed by atoms with E-state index in [-0.39, 0.29) is 0 Å². The first kappa shape index (κ1) is 24.4. The third-order valence-corrected chi connectivity index (χ3v) is 6.68. The number of rotatable bonds is 10. The monoisotopic (exact) mass is 451 g/mol. The Morgan fingerprint density at radius 3 is 2.47 bits per heavy atom. The van der Waals surface area contributed by atoms with Crippen LogP contribution in [0.5, 0.6) is 0 Å². The van der Waals surface area contributed by atoms with Crippen LogP contribution in [0.25, 0.3) is 0 Å². The van der Waals surface area contributed by atoms with Gasteiger partial charge in [-0.2, -0.15) is 0 Å². The van der Waals surface area contributed by atoms with Gasteiger partial charge in [0.05, 0.1) is 7.11 Å². The Bertz CT molecular complexity index is 858. The van der Waals surface area contributed by atoms with Crippen LogP contribution in [0.3, 0.4) is 0 Å². The van der Waals surface area contributed by atoms with Gasteiger partial charge in [-0.05, 0) is 68.1 Å². The van der Waals surface area contributed by atoms with Crippen molar-refractivity contribution in [3.63, 3.8) is 0 Å². The predicted molar refractivity (Wildman–Crippen MR) is 140 cm³/mol. The molecule has 0 amide bonds. The number of nitrogens with zero attached hydrogens (tertiary/aromatic N) is 2. The molecule has 32 heavy (non-hydrogen) atoms. The average Bonchev–Trinajstić information content (AvgIpc) is 2.83. The summed E-state index contributed by atoms with van der Waals surface area (Å²) >= 11 is 1.60. The molecule has 4 nitrogen and oxygen atoms in total. The van der Waals surface area contributed by atoms with E-state index in [4.69, 9.17) is 9.73 Å². The molecule has 1 N–H and O–H groups in total. The first-order valence-corrected chi connectivity index (χ1v) is 12.8. The highest BCUT2D eigenvalue weighted by molar-refractivity contribution is 7.99. The van der Waals surface area contributed by atoms with E-state index in [1.165, 1.54) is 17.5 Å². The van der Waals surface area contributed by atoms with E-state index in [1.54, 1.807) is 19.1 Å². The molecule has 1 saturated heterocycles. The highest BCUT2D eigenvalue weighted by Gasteiger charge is 2.24. The van der Waals surface area contributed by atoms with Crippen molar-refractivity contribution in [2.45, 2.75) is 38.5 Å². The molecule has 0 aromatic heterocycles. The number of aliphatic imine (C=N–C) groups is 1. The number of nitrogens with one attached hydrogen (secondary N) is 1. The Morgan fingerprint density at radius 1 is 1.16 bits per heavy atom. The van der Waals surface area contributed by atoms with Crippen LogP contribution in [0.15, 0.2) is 71.9 Å². The van der Waals surface area contributed by atoms with E-state index in [2.05, 4.69) is 77.7 Å². The molecule has 5 heteroatoms. The van der Waals surface area contributed by atoms with Crippen LogP contribution in [-0.2, 0) is 11.2 Å². The fourth-order valence-corrected chi connectivity index (χ4v) is 4.64. The number of hydrogen-bond acceptors (Lipinski definition) is 5. The summed E-state index contributed by atoms with van der Waals surface area (Å²) in [6, 6.07) is 19.3. The highest BCUT2D eigenvalue weighted by atomic mass is 32.2. The number of allylic oxidation sites excluding steroid dienone is 1. The third-order valence-electron chi connectivity index (χ3n) is 6.24. The van der Waals surface area contributed by atoms with Gasteiger partial charge in [-0.25, -0.2) is 4.99 Å². The SMILES string of the molecule is C=C(Cc1ccc(NSC)cc1)N=C(OC)C1CCN(CCC(C)c2ccccc2)CC1. The van der Waals surface area contributed by atoms with E-state index < -0.39 is 0 Å². The number of likely N-dealkylation sites (tertiary alicyclic amines) is 1. The molecular formula is C27H37N3OS. The smallest absolute Gasteiger partial charge is 0.191 e. The molecule has 2 aromatic carbocycles. The zero-order chi connectivity index (χ0) is 22.8. The molecule has 1 fully saturated rings. The van der Waals surface area contributed by atoms with Crippen LogP contribution >= 0.6 is 11.9 Å². The first-order chi connectivity index (χ1) is 15.6. The van der Waals surface area contributed by atoms with Crippen LogP contribution in [0.4, 0.5) is 5.69 Å². The minimum absolute atomic E-state index is 0.382. The summed E-state index contributed by atoms with van der Waals surface area (Å²) in [5, 5.41) is 0. The van der Waals surface area contributed by atoms with Crippen molar-refractivity contribution in [1.29, 1.82) is 0 Å². The Morgan fingerprint density at radius 2 is 1.84 bits per heavy atom.